The van der Waals surface area contributed by atoms with Gasteiger partial charge < -0.3 is 19.9 Å². The van der Waals surface area contributed by atoms with E-state index in [-0.39, 0.29) is 0 Å². The number of fused-ring (bicyclic) bond motifs is 1. The zero-order valence-corrected chi connectivity index (χ0v) is 15.7. The van der Waals surface area contributed by atoms with Gasteiger partial charge >= 0.3 is 0 Å². The molecule has 0 bridgehead atoms. The smallest absolute Gasteiger partial charge is 0.190 e. The summed E-state index contributed by atoms with van der Waals surface area (Å²) in [7, 11) is 1.80. The lowest BCUT2D eigenvalue weighted by Gasteiger charge is -2.12. The highest BCUT2D eigenvalue weighted by molar-refractivity contribution is 5.79. The Bertz CT molecular complexity index is 650. The monoisotopic (exact) mass is 345 g/mol. The number of imidazole rings is 1. The maximum atomic E-state index is 5.58. The fraction of sp³-hybridized carbons (Fsp3) is 0.579. The summed E-state index contributed by atoms with van der Waals surface area (Å²) < 4.78 is 7.77. The summed E-state index contributed by atoms with van der Waals surface area (Å²) in [4.78, 5) is 8.67. The van der Waals surface area contributed by atoms with Crippen molar-refractivity contribution in [3.8, 4) is 0 Å². The maximum absolute atomic E-state index is 5.58. The largest absolute Gasteiger partial charge is 0.381 e. The average molecular weight is 345 g/mol. The summed E-state index contributed by atoms with van der Waals surface area (Å²) in [5, 5.41) is 6.67. The van der Waals surface area contributed by atoms with Crippen LogP contribution in [0.5, 0.6) is 0 Å². The van der Waals surface area contributed by atoms with Gasteiger partial charge in [0.1, 0.15) is 0 Å². The molecule has 2 rings (SSSR count). The minimum atomic E-state index is 0.593. The Kier molecular flexibility index (Phi) is 8.25. The van der Waals surface area contributed by atoms with Crippen LogP contribution in [0.3, 0.4) is 0 Å². The van der Waals surface area contributed by atoms with E-state index >= 15 is 0 Å². The van der Waals surface area contributed by atoms with Crippen molar-refractivity contribution in [2.75, 3.05) is 33.4 Å². The van der Waals surface area contributed by atoms with E-state index in [9.17, 15) is 0 Å². The van der Waals surface area contributed by atoms with Crippen molar-refractivity contribution < 1.29 is 4.74 Å². The Morgan fingerprint density at radius 3 is 2.72 bits per heavy atom. The zero-order chi connectivity index (χ0) is 17.9. The van der Waals surface area contributed by atoms with Gasteiger partial charge in [0.2, 0.25) is 0 Å². The lowest BCUT2D eigenvalue weighted by molar-refractivity contribution is 0.108. The number of aliphatic imine (C=N–C) groups is 1. The summed E-state index contributed by atoms with van der Waals surface area (Å²) in [5.74, 6) is 1.44. The minimum Gasteiger partial charge on any atom is -0.381 e. The van der Waals surface area contributed by atoms with Gasteiger partial charge in [-0.1, -0.05) is 26.0 Å². The number of rotatable bonds is 10. The van der Waals surface area contributed by atoms with E-state index in [4.69, 9.17) is 4.74 Å². The summed E-state index contributed by atoms with van der Waals surface area (Å²) in [6.45, 7) is 8.62. The fourth-order valence-corrected chi connectivity index (χ4v) is 2.57. The number of guanidine groups is 1. The standard InChI is InChI=1S/C19H31N5O/c1-16(2)14-25-13-7-11-22-19(20-3)21-10-6-12-24-15-23-17-8-4-5-9-18(17)24/h4-5,8-9,15-16H,6-7,10-14H2,1-3H3,(H2,20,21,22). The van der Waals surface area contributed by atoms with Crippen LogP contribution in [0.1, 0.15) is 26.7 Å². The molecule has 2 N–H and O–H groups in total. The second-order valence-corrected chi connectivity index (χ2v) is 6.53. The molecule has 0 unspecified atom stereocenters. The Morgan fingerprint density at radius 2 is 1.96 bits per heavy atom. The Balaban J connectivity index is 1.59. The van der Waals surface area contributed by atoms with Crippen molar-refractivity contribution in [1.82, 2.24) is 20.2 Å². The number of para-hydroxylation sites is 2. The van der Waals surface area contributed by atoms with Crippen LogP contribution >= 0.6 is 0 Å². The molecule has 2 aromatic rings. The third-order valence-electron chi connectivity index (χ3n) is 3.83. The molecule has 1 heterocycles. The quantitative estimate of drug-likeness (QED) is 0.395. The van der Waals surface area contributed by atoms with Crippen LogP contribution in [0.2, 0.25) is 0 Å². The third kappa shape index (κ3) is 6.74. The van der Waals surface area contributed by atoms with Crippen LogP contribution in [0.25, 0.3) is 11.0 Å². The van der Waals surface area contributed by atoms with Crippen molar-refractivity contribution in [2.45, 2.75) is 33.2 Å². The third-order valence-corrected chi connectivity index (χ3v) is 3.83. The van der Waals surface area contributed by atoms with Crippen LogP contribution in [0.4, 0.5) is 0 Å². The predicted molar refractivity (Wildman–Crippen MR) is 104 cm³/mol. The molecule has 0 atom stereocenters. The fourth-order valence-electron chi connectivity index (χ4n) is 2.57. The maximum Gasteiger partial charge on any atom is 0.190 e. The molecule has 0 aliphatic carbocycles. The van der Waals surface area contributed by atoms with Crippen LogP contribution < -0.4 is 10.6 Å². The molecule has 0 spiro atoms. The Morgan fingerprint density at radius 1 is 1.20 bits per heavy atom. The van der Waals surface area contributed by atoms with E-state index in [1.807, 2.05) is 18.5 Å². The Labute approximate surface area is 150 Å². The van der Waals surface area contributed by atoms with Crippen LogP contribution in [-0.4, -0.2) is 48.9 Å². The van der Waals surface area contributed by atoms with E-state index in [1.54, 1.807) is 7.05 Å². The van der Waals surface area contributed by atoms with Gasteiger partial charge in [-0.3, -0.25) is 4.99 Å². The SMILES string of the molecule is CN=C(NCCCOCC(C)C)NCCCn1cnc2ccccc21. The predicted octanol–water partition coefficient (Wildman–Crippen LogP) is 2.65. The number of ether oxygens (including phenoxy) is 1. The number of hydrogen-bond donors (Lipinski definition) is 2. The Hall–Kier alpha value is -2.08. The second-order valence-electron chi connectivity index (χ2n) is 6.53. The topological polar surface area (TPSA) is 63.5 Å². The first kappa shape index (κ1) is 19.2. The molecule has 1 aromatic heterocycles. The molecule has 0 saturated carbocycles. The van der Waals surface area contributed by atoms with Gasteiger partial charge in [0, 0.05) is 39.9 Å². The number of nitrogens with one attached hydrogen (secondary N) is 2. The summed E-state index contributed by atoms with van der Waals surface area (Å²) >= 11 is 0. The lowest BCUT2D eigenvalue weighted by atomic mass is 10.2. The molecule has 0 saturated heterocycles. The molecule has 0 aliphatic heterocycles. The molecule has 138 valence electrons. The molecule has 25 heavy (non-hydrogen) atoms. The minimum absolute atomic E-state index is 0.593. The van der Waals surface area contributed by atoms with Crippen molar-refractivity contribution in [3.63, 3.8) is 0 Å². The van der Waals surface area contributed by atoms with Crippen LogP contribution in [-0.2, 0) is 11.3 Å². The molecule has 0 amide bonds. The van der Waals surface area contributed by atoms with E-state index in [0.717, 1.165) is 57.2 Å². The van der Waals surface area contributed by atoms with Crippen LogP contribution in [0, 0.1) is 5.92 Å². The number of benzene rings is 1. The first-order chi connectivity index (χ1) is 12.2. The van der Waals surface area contributed by atoms with Gasteiger partial charge in [-0.25, -0.2) is 4.98 Å². The summed E-state index contributed by atoms with van der Waals surface area (Å²) in [5.41, 5.74) is 2.24. The highest BCUT2D eigenvalue weighted by Gasteiger charge is 2.02. The van der Waals surface area contributed by atoms with Gasteiger partial charge in [0.15, 0.2) is 5.96 Å². The van der Waals surface area contributed by atoms with Gasteiger partial charge in [-0.15, -0.1) is 0 Å². The van der Waals surface area contributed by atoms with Crippen molar-refractivity contribution in [3.05, 3.63) is 30.6 Å². The first-order valence-corrected chi connectivity index (χ1v) is 9.13. The van der Waals surface area contributed by atoms with Crippen molar-refractivity contribution in [2.24, 2.45) is 10.9 Å². The summed E-state index contributed by atoms with van der Waals surface area (Å²) in [6, 6.07) is 8.22. The normalized spacial score (nSPS) is 12.1. The van der Waals surface area contributed by atoms with Gasteiger partial charge in [-0.05, 0) is 30.9 Å². The molecular formula is C19H31N5O. The van der Waals surface area contributed by atoms with E-state index in [2.05, 4.69) is 51.2 Å². The van der Waals surface area contributed by atoms with Crippen LogP contribution in [0.15, 0.2) is 35.6 Å². The number of nitrogens with zero attached hydrogens (tertiary/aromatic N) is 3. The molecule has 1 aromatic carbocycles. The van der Waals surface area contributed by atoms with Crippen molar-refractivity contribution >= 4 is 17.0 Å². The molecule has 6 nitrogen and oxygen atoms in total. The van der Waals surface area contributed by atoms with Gasteiger partial charge in [0.05, 0.1) is 17.4 Å². The lowest BCUT2D eigenvalue weighted by Crippen LogP contribution is -2.38. The highest BCUT2D eigenvalue weighted by Crippen LogP contribution is 2.11. The number of aromatic nitrogens is 2. The number of hydrogen-bond acceptors (Lipinski definition) is 3. The summed E-state index contributed by atoms with van der Waals surface area (Å²) in [6.07, 6.45) is 3.90. The molecule has 0 aliphatic rings. The van der Waals surface area contributed by atoms with Crippen molar-refractivity contribution in [1.29, 1.82) is 0 Å². The number of aryl methyl sites for hydroxylation is 1. The second kappa shape index (κ2) is 10.7. The highest BCUT2D eigenvalue weighted by atomic mass is 16.5. The van der Waals surface area contributed by atoms with E-state index < -0.39 is 0 Å². The average Bonchev–Trinajstić information content (AvgIpc) is 3.02. The zero-order valence-electron chi connectivity index (χ0n) is 15.7. The first-order valence-electron chi connectivity index (χ1n) is 9.13. The van der Waals surface area contributed by atoms with Gasteiger partial charge in [0.25, 0.3) is 0 Å². The molecule has 6 heteroatoms. The van der Waals surface area contributed by atoms with E-state index in [0.29, 0.717) is 5.92 Å². The molecule has 0 radical (unpaired) electrons. The molecule has 0 fully saturated rings. The molecular weight excluding hydrogens is 314 g/mol. The van der Waals surface area contributed by atoms with Gasteiger partial charge in [-0.2, -0.15) is 0 Å². The van der Waals surface area contributed by atoms with E-state index in [1.165, 1.54) is 5.52 Å².